The van der Waals surface area contributed by atoms with Gasteiger partial charge in [-0.15, -0.1) is 0 Å². The van der Waals surface area contributed by atoms with E-state index in [1.54, 1.807) is 11.6 Å². The molecule has 0 unspecified atom stereocenters. The highest BCUT2D eigenvalue weighted by Gasteiger charge is 2.29. The second-order valence-corrected chi connectivity index (χ2v) is 8.36. The number of benzene rings is 1. The van der Waals surface area contributed by atoms with Crippen LogP contribution in [-0.2, 0) is 24.3 Å². The number of likely N-dealkylation sites (tertiary alicyclic amines) is 1. The molecule has 0 radical (unpaired) electrons. The third kappa shape index (κ3) is 3.99. The number of aryl methyl sites for hydroxylation is 1. The topological polar surface area (TPSA) is 58.4 Å². The summed E-state index contributed by atoms with van der Waals surface area (Å²) < 4.78 is 1.68. The van der Waals surface area contributed by atoms with Crippen molar-refractivity contribution in [1.82, 2.24) is 19.6 Å². The first-order chi connectivity index (χ1) is 13.9. The number of rotatable bonds is 4. The van der Waals surface area contributed by atoms with Crippen molar-refractivity contribution in [2.45, 2.75) is 59.2 Å². The summed E-state index contributed by atoms with van der Waals surface area (Å²) in [6.07, 6.45) is 3.15. The van der Waals surface area contributed by atoms with Crippen LogP contribution in [0.25, 0.3) is 0 Å². The normalized spacial score (nSPS) is 18.0. The fourth-order valence-electron chi connectivity index (χ4n) is 4.90. The maximum absolute atomic E-state index is 12.8. The first-order valence-electron chi connectivity index (χ1n) is 10.6. The lowest BCUT2D eigenvalue weighted by molar-refractivity contribution is -0.133. The highest BCUT2D eigenvalue weighted by molar-refractivity contribution is 5.96. The quantitative estimate of drug-likeness (QED) is 0.749. The summed E-state index contributed by atoms with van der Waals surface area (Å²) in [6, 6.07) is 9.28. The molecule has 0 bridgehead atoms. The van der Waals surface area contributed by atoms with Gasteiger partial charge >= 0.3 is 0 Å². The van der Waals surface area contributed by atoms with Gasteiger partial charge in [0.05, 0.1) is 11.3 Å². The Labute approximate surface area is 172 Å². The Morgan fingerprint density at radius 1 is 1.07 bits per heavy atom. The van der Waals surface area contributed by atoms with Crippen molar-refractivity contribution in [1.29, 1.82) is 0 Å². The van der Waals surface area contributed by atoms with E-state index in [0.717, 1.165) is 51.1 Å². The van der Waals surface area contributed by atoms with Crippen LogP contribution in [0.15, 0.2) is 24.3 Å². The smallest absolute Gasteiger partial charge is 0.244 e. The number of aromatic nitrogens is 2. The van der Waals surface area contributed by atoms with Crippen LogP contribution in [0.2, 0.25) is 0 Å². The molecule has 1 fully saturated rings. The van der Waals surface area contributed by atoms with Gasteiger partial charge < -0.3 is 4.90 Å². The van der Waals surface area contributed by atoms with E-state index in [0.29, 0.717) is 17.3 Å². The number of piperidine rings is 1. The summed E-state index contributed by atoms with van der Waals surface area (Å²) in [5.41, 5.74) is 5.05. The average molecular weight is 395 g/mol. The maximum Gasteiger partial charge on any atom is 0.244 e. The Hall–Kier alpha value is -2.47. The molecular weight excluding hydrogens is 364 g/mol. The third-order valence-corrected chi connectivity index (χ3v) is 6.51. The Kier molecular flexibility index (Phi) is 5.54. The van der Waals surface area contributed by atoms with Crippen molar-refractivity contribution in [2.75, 3.05) is 19.6 Å². The van der Waals surface area contributed by atoms with E-state index in [9.17, 15) is 9.59 Å². The first kappa shape index (κ1) is 19.8. The van der Waals surface area contributed by atoms with E-state index < -0.39 is 0 Å². The molecule has 0 spiro atoms. The molecule has 2 aliphatic rings. The van der Waals surface area contributed by atoms with E-state index in [2.05, 4.69) is 34.3 Å². The van der Waals surface area contributed by atoms with Crippen LogP contribution >= 0.6 is 0 Å². The minimum Gasteiger partial charge on any atom is -0.341 e. The van der Waals surface area contributed by atoms with Crippen molar-refractivity contribution < 1.29 is 9.59 Å². The number of Topliss-reactive ketones (excluding diaryl/α,β-unsaturated/α-hetero) is 1. The van der Waals surface area contributed by atoms with E-state index in [1.165, 1.54) is 11.1 Å². The van der Waals surface area contributed by atoms with Crippen LogP contribution in [0.4, 0.5) is 0 Å². The summed E-state index contributed by atoms with van der Waals surface area (Å²) in [6.45, 7) is 9.16. The first-order valence-corrected chi connectivity index (χ1v) is 10.6. The predicted molar refractivity (Wildman–Crippen MR) is 112 cm³/mol. The van der Waals surface area contributed by atoms with Gasteiger partial charge in [0.15, 0.2) is 5.78 Å². The van der Waals surface area contributed by atoms with Crippen LogP contribution in [0.1, 0.15) is 52.6 Å². The summed E-state index contributed by atoms with van der Waals surface area (Å²) in [4.78, 5) is 29.2. The summed E-state index contributed by atoms with van der Waals surface area (Å²) in [7, 11) is 0. The zero-order chi connectivity index (χ0) is 20.5. The molecule has 4 rings (SSSR count). The molecule has 6 heteroatoms. The fraction of sp³-hybridized carbons (Fsp3) is 0.522. The molecule has 1 aromatic heterocycles. The molecule has 3 heterocycles. The third-order valence-electron chi connectivity index (χ3n) is 6.51. The molecular formula is C23H30N4O2. The highest BCUT2D eigenvalue weighted by atomic mass is 16.2. The van der Waals surface area contributed by atoms with E-state index in [4.69, 9.17) is 0 Å². The number of fused-ring (bicyclic) bond motifs is 1. The Morgan fingerprint density at radius 2 is 1.76 bits per heavy atom. The second kappa shape index (κ2) is 8.11. The Morgan fingerprint density at radius 3 is 2.41 bits per heavy atom. The van der Waals surface area contributed by atoms with Crippen molar-refractivity contribution in [3.8, 4) is 0 Å². The van der Waals surface area contributed by atoms with Gasteiger partial charge in [0.25, 0.3) is 0 Å². The molecule has 0 saturated carbocycles. The molecule has 2 aliphatic heterocycles. The Bertz CT molecular complexity index is 925. The molecule has 0 aliphatic carbocycles. The van der Waals surface area contributed by atoms with Gasteiger partial charge in [-0.2, -0.15) is 5.10 Å². The lowest BCUT2D eigenvalue weighted by atomic mass is 9.95. The predicted octanol–water partition coefficient (Wildman–Crippen LogP) is 2.75. The molecule has 1 amide bonds. The van der Waals surface area contributed by atoms with E-state index in [-0.39, 0.29) is 18.2 Å². The van der Waals surface area contributed by atoms with Gasteiger partial charge in [0.1, 0.15) is 6.54 Å². The van der Waals surface area contributed by atoms with Crippen molar-refractivity contribution >= 4 is 11.7 Å². The molecule has 1 aromatic carbocycles. The average Bonchev–Trinajstić information content (AvgIpc) is 3.00. The maximum atomic E-state index is 12.8. The van der Waals surface area contributed by atoms with Crippen LogP contribution < -0.4 is 0 Å². The minimum absolute atomic E-state index is 0.00242. The number of amides is 1. The summed E-state index contributed by atoms with van der Waals surface area (Å²) in [5, 5.41) is 4.42. The zero-order valence-electron chi connectivity index (χ0n) is 17.6. The number of nitrogens with zero attached hydrogens (tertiary/aromatic N) is 4. The summed E-state index contributed by atoms with van der Waals surface area (Å²) >= 11 is 0. The Balaban J connectivity index is 1.34. The van der Waals surface area contributed by atoms with Gasteiger partial charge in [0.2, 0.25) is 5.91 Å². The molecule has 1 saturated heterocycles. The number of carbonyl (C=O) groups is 2. The van der Waals surface area contributed by atoms with Crippen molar-refractivity contribution in [2.24, 2.45) is 0 Å². The van der Waals surface area contributed by atoms with Crippen LogP contribution in [0.5, 0.6) is 0 Å². The van der Waals surface area contributed by atoms with E-state index >= 15 is 0 Å². The number of hydrogen-bond donors (Lipinski definition) is 0. The van der Waals surface area contributed by atoms with Gasteiger partial charge in [0, 0.05) is 37.9 Å². The molecule has 0 atom stereocenters. The highest BCUT2D eigenvalue weighted by Crippen LogP contribution is 2.25. The van der Waals surface area contributed by atoms with Crippen LogP contribution in [-0.4, -0.2) is 56.9 Å². The van der Waals surface area contributed by atoms with Gasteiger partial charge in [-0.3, -0.25) is 19.2 Å². The molecule has 0 N–H and O–H groups in total. The standard InChI is InChI=1S/C23H30N4O2/c1-16-23(18(3)28)17(2)27(24-16)15-22(29)25-12-9-21(10-13-25)26-11-8-19-6-4-5-7-20(19)14-26/h4-7,21H,8-15H2,1-3H3. The van der Waals surface area contributed by atoms with Crippen LogP contribution in [0.3, 0.4) is 0 Å². The summed E-state index contributed by atoms with van der Waals surface area (Å²) in [5.74, 6) is 0.0933. The monoisotopic (exact) mass is 394 g/mol. The lowest BCUT2D eigenvalue weighted by Crippen LogP contribution is -2.48. The van der Waals surface area contributed by atoms with Gasteiger partial charge in [-0.25, -0.2) is 0 Å². The SMILES string of the molecule is CC(=O)c1c(C)nn(CC(=O)N2CCC(N3CCc4ccccc4C3)CC2)c1C. The lowest BCUT2D eigenvalue weighted by Gasteiger charge is -2.40. The number of carbonyl (C=O) groups excluding carboxylic acids is 2. The van der Waals surface area contributed by atoms with Gasteiger partial charge in [-0.05, 0) is 51.2 Å². The fourth-order valence-corrected chi connectivity index (χ4v) is 4.90. The largest absolute Gasteiger partial charge is 0.341 e. The molecule has 2 aromatic rings. The van der Waals surface area contributed by atoms with Crippen molar-refractivity contribution in [3.63, 3.8) is 0 Å². The molecule has 29 heavy (non-hydrogen) atoms. The zero-order valence-corrected chi connectivity index (χ0v) is 17.6. The van der Waals surface area contributed by atoms with Crippen molar-refractivity contribution in [3.05, 3.63) is 52.3 Å². The molecule has 154 valence electrons. The number of hydrogen-bond acceptors (Lipinski definition) is 4. The number of ketones is 1. The molecule has 6 nitrogen and oxygen atoms in total. The van der Waals surface area contributed by atoms with E-state index in [1.807, 2.05) is 18.7 Å². The second-order valence-electron chi connectivity index (χ2n) is 8.36. The minimum atomic E-state index is 0.00242. The van der Waals surface area contributed by atoms with Crippen LogP contribution in [0, 0.1) is 13.8 Å². The van der Waals surface area contributed by atoms with Gasteiger partial charge in [-0.1, -0.05) is 24.3 Å².